The van der Waals surface area contributed by atoms with Crippen LogP contribution in [0.4, 0.5) is 5.69 Å². The summed E-state index contributed by atoms with van der Waals surface area (Å²) in [5, 5.41) is 0.726. The first-order valence-corrected chi connectivity index (χ1v) is 7.79. The van der Waals surface area contributed by atoms with Crippen molar-refractivity contribution in [3.05, 3.63) is 63.6 Å². The van der Waals surface area contributed by atoms with E-state index in [2.05, 4.69) is 32.7 Å². The van der Waals surface area contributed by atoms with Crippen LogP contribution in [0.1, 0.15) is 12.5 Å². The lowest BCUT2D eigenvalue weighted by Gasteiger charge is -2.36. The van der Waals surface area contributed by atoms with Gasteiger partial charge in [0.2, 0.25) is 0 Å². The first-order valence-electron chi connectivity index (χ1n) is 6.62. The smallest absolute Gasteiger partial charge is 0.196 e. The van der Waals surface area contributed by atoms with Gasteiger partial charge in [-0.25, -0.2) is 0 Å². The fourth-order valence-corrected chi connectivity index (χ4v) is 3.06. The molecule has 2 aromatic carbocycles. The maximum atomic E-state index is 6.13. The first kappa shape index (κ1) is 14.4. The number of nitrogens with two attached hydrogens (primary N) is 1. The topological polar surface area (TPSA) is 41.6 Å². The molecule has 0 aromatic heterocycles. The molecule has 0 saturated heterocycles. The molecule has 2 aromatic rings. The molecule has 1 aliphatic rings. The molecule has 0 saturated carbocycles. The van der Waals surface area contributed by atoms with Crippen molar-refractivity contribution in [2.24, 2.45) is 10.7 Å². The van der Waals surface area contributed by atoms with Gasteiger partial charge in [-0.1, -0.05) is 39.7 Å². The molecular weight excluding hydrogens is 350 g/mol. The molecule has 1 unspecified atom stereocenters. The number of guanidine groups is 1. The summed E-state index contributed by atoms with van der Waals surface area (Å²) < 4.78 is 1.04. The summed E-state index contributed by atoms with van der Waals surface area (Å²) in [5.74, 6) is 0.537. The lowest BCUT2D eigenvalue weighted by Crippen LogP contribution is -2.47. The van der Waals surface area contributed by atoms with Crippen LogP contribution in [0.3, 0.4) is 0 Å². The summed E-state index contributed by atoms with van der Waals surface area (Å²) >= 11 is 9.45. The van der Waals surface area contributed by atoms with E-state index in [0.29, 0.717) is 12.5 Å². The molecule has 1 atom stereocenters. The van der Waals surface area contributed by atoms with Crippen LogP contribution in [-0.4, -0.2) is 12.5 Å². The predicted molar refractivity (Wildman–Crippen MR) is 91.9 cm³/mol. The summed E-state index contributed by atoms with van der Waals surface area (Å²) in [4.78, 5) is 6.52. The van der Waals surface area contributed by atoms with Crippen molar-refractivity contribution in [1.82, 2.24) is 0 Å². The van der Waals surface area contributed by atoms with Gasteiger partial charge in [-0.15, -0.1) is 0 Å². The molecular formula is C16H15BrClN3. The minimum atomic E-state index is -0.303. The third-order valence-electron chi connectivity index (χ3n) is 3.82. The second-order valence-electron chi connectivity index (χ2n) is 5.27. The van der Waals surface area contributed by atoms with Crippen LogP contribution >= 0.6 is 27.5 Å². The Balaban J connectivity index is 2.05. The zero-order chi connectivity index (χ0) is 15.0. The van der Waals surface area contributed by atoms with E-state index in [0.717, 1.165) is 20.7 Å². The molecule has 0 amide bonds. The molecule has 0 radical (unpaired) electrons. The van der Waals surface area contributed by atoms with Gasteiger partial charge in [0.1, 0.15) is 0 Å². The fourth-order valence-electron chi connectivity index (χ4n) is 2.67. The molecule has 0 bridgehead atoms. The van der Waals surface area contributed by atoms with E-state index in [1.807, 2.05) is 48.5 Å². The molecule has 1 aliphatic heterocycles. The average molecular weight is 365 g/mol. The van der Waals surface area contributed by atoms with Crippen molar-refractivity contribution in [2.45, 2.75) is 12.5 Å². The Morgan fingerprint density at radius 3 is 2.38 bits per heavy atom. The minimum Gasteiger partial charge on any atom is -0.369 e. The Hall–Kier alpha value is -1.52. The minimum absolute atomic E-state index is 0.303. The monoisotopic (exact) mass is 363 g/mol. The quantitative estimate of drug-likeness (QED) is 0.869. The third-order valence-corrected chi connectivity index (χ3v) is 4.60. The van der Waals surface area contributed by atoms with Crippen LogP contribution in [0.5, 0.6) is 0 Å². The molecule has 5 heteroatoms. The van der Waals surface area contributed by atoms with Gasteiger partial charge >= 0.3 is 0 Å². The number of aliphatic imine (C=N–C) groups is 1. The zero-order valence-corrected chi connectivity index (χ0v) is 13.9. The van der Waals surface area contributed by atoms with E-state index in [4.69, 9.17) is 17.3 Å². The van der Waals surface area contributed by atoms with E-state index in [1.165, 1.54) is 0 Å². The summed E-state index contributed by atoms with van der Waals surface area (Å²) in [6.45, 7) is 2.76. The number of benzene rings is 2. The number of halogens is 2. The van der Waals surface area contributed by atoms with Gasteiger partial charge in [-0.2, -0.15) is 0 Å². The Morgan fingerprint density at radius 2 is 1.76 bits per heavy atom. The third kappa shape index (κ3) is 2.54. The van der Waals surface area contributed by atoms with Gasteiger partial charge in [-0.05, 0) is 48.9 Å². The maximum Gasteiger partial charge on any atom is 0.196 e. The zero-order valence-electron chi connectivity index (χ0n) is 11.6. The molecule has 3 nitrogen and oxygen atoms in total. The maximum absolute atomic E-state index is 6.13. The molecule has 0 fully saturated rings. The van der Waals surface area contributed by atoms with Gasteiger partial charge in [0, 0.05) is 15.2 Å². The van der Waals surface area contributed by atoms with Crippen molar-refractivity contribution in [3.63, 3.8) is 0 Å². The Morgan fingerprint density at radius 1 is 1.14 bits per heavy atom. The Labute approximate surface area is 137 Å². The Bertz CT molecular complexity index is 682. The number of nitrogens with zero attached hydrogens (tertiary/aromatic N) is 2. The number of hydrogen-bond donors (Lipinski definition) is 1. The molecule has 21 heavy (non-hydrogen) atoms. The van der Waals surface area contributed by atoms with Crippen molar-refractivity contribution in [2.75, 3.05) is 11.4 Å². The van der Waals surface area contributed by atoms with Crippen molar-refractivity contribution < 1.29 is 0 Å². The van der Waals surface area contributed by atoms with E-state index < -0.39 is 0 Å². The second kappa shape index (κ2) is 5.35. The Kier molecular flexibility index (Phi) is 3.68. The SMILES string of the molecule is CC1(c2ccc(Cl)cc2)CN=C(N)N1c1ccc(Br)cc1. The highest BCUT2D eigenvalue weighted by Crippen LogP contribution is 2.37. The lowest BCUT2D eigenvalue weighted by molar-refractivity contribution is 0.533. The van der Waals surface area contributed by atoms with Crippen molar-refractivity contribution in [1.29, 1.82) is 0 Å². The standard InChI is InChI=1S/C16H15BrClN3/c1-16(11-2-6-13(18)7-3-11)10-20-15(19)21(16)14-8-4-12(17)5-9-14/h2-9H,10H2,1H3,(H2,19,20). The van der Waals surface area contributed by atoms with Gasteiger partial charge in [-0.3, -0.25) is 4.99 Å². The summed E-state index contributed by atoms with van der Waals surface area (Å²) in [6, 6.07) is 15.9. The van der Waals surface area contributed by atoms with Crippen LogP contribution in [0.2, 0.25) is 5.02 Å². The highest BCUT2D eigenvalue weighted by molar-refractivity contribution is 9.10. The van der Waals surface area contributed by atoms with Crippen molar-refractivity contribution in [3.8, 4) is 0 Å². The highest BCUT2D eigenvalue weighted by Gasteiger charge is 2.40. The van der Waals surface area contributed by atoms with Gasteiger partial charge in [0.15, 0.2) is 5.96 Å². The van der Waals surface area contributed by atoms with E-state index in [9.17, 15) is 0 Å². The number of hydrogen-bond acceptors (Lipinski definition) is 3. The normalized spacial score (nSPS) is 21.5. The first-order chi connectivity index (χ1) is 10.0. The molecule has 2 N–H and O–H groups in total. The number of anilines is 1. The lowest BCUT2D eigenvalue weighted by atomic mass is 9.90. The number of rotatable bonds is 2. The van der Waals surface area contributed by atoms with Crippen LogP contribution in [0, 0.1) is 0 Å². The van der Waals surface area contributed by atoms with E-state index in [-0.39, 0.29) is 5.54 Å². The largest absolute Gasteiger partial charge is 0.369 e. The van der Waals surface area contributed by atoms with Gasteiger partial charge in [0.25, 0.3) is 0 Å². The van der Waals surface area contributed by atoms with Crippen molar-refractivity contribution >= 4 is 39.2 Å². The van der Waals surface area contributed by atoms with Crippen LogP contribution < -0.4 is 10.6 Å². The van der Waals surface area contributed by atoms with Crippen LogP contribution in [-0.2, 0) is 5.54 Å². The van der Waals surface area contributed by atoms with Crippen LogP contribution in [0.15, 0.2) is 58.0 Å². The van der Waals surface area contributed by atoms with E-state index in [1.54, 1.807) is 0 Å². The molecule has 108 valence electrons. The molecule has 1 heterocycles. The van der Waals surface area contributed by atoms with E-state index >= 15 is 0 Å². The molecule has 0 spiro atoms. The summed E-state index contributed by atoms with van der Waals surface area (Å²) in [7, 11) is 0. The van der Waals surface area contributed by atoms with Crippen LogP contribution in [0.25, 0.3) is 0 Å². The fraction of sp³-hybridized carbons (Fsp3) is 0.188. The average Bonchev–Trinajstić information content (AvgIpc) is 2.78. The van der Waals surface area contributed by atoms with Gasteiger partial charge in [0.05, 0.1) is 12.1 Å². The summed E-state index contributed by atoms with van der Waals surface area (Å²) in [6.07, 6.45) is 0. The summed E-state index contributed by atoms with van der Waals surface area (Å²) in [5.41, 5.74) is 7.99. The second-order valence-corrected chi connectivity index (χ2v) is 6.62. The highest BCUT2D eigenvalue weighted by atomic mass is 79.9. The molecule has 3 rings (SSSR count). The predicted octanol–water partition coefficient (Wildman–Crippen LogP) is 4.15. The molecule has 0 aliphatic carbocycles. The van der Waals surface area contributed by atoms with Gasteiger partial charge < -0.3 is 10.6 Å².